The number of ether oxygens (including phenoxy) is 1. The lowest BCUT2D eigenvalue weighted by molar-refractivity contribution is -0.141. The lowest BCUT2D eigenvalue weighted by Gasteiger charge is -2.22. The van der Waals surface area contributed by atoms with Crippen molar-refractivity contribution in [3.05, 3.63) is 18.3 Å². The predicted octanol–water partition coefficient (Wildman–Crippen LogP) is 0.856. The average Bonchev–Trinajstić information content (AvgIpc) is 3.17. The van der Waals surface area contributed by atoms with E-state index >= 15 is 0 Å². The molecule has 0 aromatic carbocycles. The number of aliphatic imine (C=N–C) groups is 1. The topological polar surface area (TPSA) is 186 Å². The van der Waals surface area contributed by atoms with Gasteiger partial charge in [-0.15, -0.1) is 0 Å². The molecule has 6 N–H and O–H groups in total. The number of aromatic amines is 1. The van der Waals surface area contributed by atoms with E-state index in [0.29, 0.717) is 30.7 Å². The number of aliphatic carboxylic acids is 1. The molecule has 0 bridgehead atoms. The number of nitrogens with zero attached hydrogens (tertiary/aromatic N) is 5. The third kappa shape index (κ3) is 7.39. The van der Waals surface area contributed by atoms with Crippen molar-refractivity contribution in [2.24, 2.45) is 16.5 Å². The van der Waals surface area contributed by atoms with Crippen LogP contribution in [-0.4, -0.2) is 66.6 Å². The summed E-state index contributed by atoms with van der Waals surface area (Å²) in [6.07, 6.45) is 5.91. The highest BCUT2D eigenvalue weighted by atomic mass is 32.1. The van der Waals surface area contributed by atoms with Gasteiger partial charge in [-0.3, -0.25) is 4.99 Å². The van der Waals surface area contributed by atoms with Crippen LogP contribution in [0.5, 0.6) is 0 Å². The first-order valence-corrected chi connectivity index (χ1v) is 9.86. The molecular weight excluding hydrogens is 412 g/mol. The summed E-state index contributed by atoms with van der Waals surface area (Å²) in [5, 5.41) is 9.30. The van der Waals surface area contributed by atoms with E-state index in [9.17, 15) is 14.7 Å². The number of guanidine groups is 1. The van der Waals surface area contributed by atoms with Gasteiger partial charge in [0.05, 0.1) is 19.1 Å². The van der Waals surface area contributed by atoms with Crippen LogP contribution < -0.4 is 11.5 Å². The smallest absolute Gasteiger partial charge is 0.420 e. The molecule has 0 spiro atoms. The lowest BCUT2D eigenvalue weighted by atomic mass is 10.1. The van der Waals surface area contributed by atoms with Crippen molar-refractivity contribution in [3.63, 3.8) is 0 Å². The van der Waals surface area contributed by atoms with Gasteiger partial charge in [-0.05, 0) is 32.1 Å². The Morgan fingerprint density at radius 1 is 1.27 bits per heavy atom. The molecule has 2 aromatic heterocycles. The predicted molar refractivity (Wildman–Crippen MR) is 113 cm³/mol. The van der Waals surface area contributed by atoms with Crippen molar-refractivity contribution in [2.75, 3.05) is 13.2 Å². The Morgan fingerprint density at radius 3 is 2.80 bits per heavy atom. The second kappa shape index (κ2) is 11.8. The number of hydrogen-bond acceptors (Lipinski definition) is 8. The number of fused-ring (bicyclic) bond motifs is 1. The van der Waals surface area contributed by atoms with Crippen molar-refractivity contribution in [1.29, 1.82) is 0 Å². The molecule has 2 aromatic rings. The molecule has 1 atom stereocenters. The van der Waals surface area contributed by atoms with E-state index in [0.717, 1.165) is 22.7 Å². The van der Waals surface area contributed by atoms with E-state index in [-0.39, 0.29) is 25.5 Å². The molecule has 0 aliphatic rings. The fraction of sp³-hybridized carbons (Fsp3) is 0.529. The summed E-state index contributed by atoms with van der Waals surface area (Å²) in [6.45, 7) is 0.426. The molecule has 0 fully saturated rings. The minimum atomic E-state index is -1.18. The first-order valence-electron chi connectivity index (χ1n) is 9.46. The number of nitrogens with one attached hydrogen (secondary N) is 1. The number of thiol groups is 1. The molecule has 2 heterocycles. The van der Waals surface area contributed by atoms with E-state index in [2.05, 4.69) is 37.7 Å². The van der Waals surface area contributed by atoms with Gasteiger partial charge in [0, 0.05) is 13.0 Å². The normalized spacial score (nSPS) is 11.8. The van der Waals surface area contributed by atoms with E-state index in [1.165, 1.54) is 0 Å². The number of aromatic nitrogens is 4. The molecule has 164 valence electrons. The zero-order valence-corrected chi connectivity index (χ0v) is 17.3. The zero-order chi connectivity index (χ0) is 21.9. The van der Waals surface area contributed by atoms with Gasteiger partial charge in [-0.2, -0.15) is 0 Å². The van der Waals surface area contributed by atoms with Crippen LogP contribution in [-0.2, 0) is 16.0 Å². The average molecular weight is 439 g/mol. The summed E-state index contributed by atoms with van der Waals surface area (Å²) in [7, 11) is 0. The molecule has 0 unspecified atom stereocenters. The monoisotopic (exact) mass is 438 g/mol. The molecule has 0 aliphatic carbocycles. The van der Waals surface area contributed by atoms with Gasteiger partial charge >= 0.3 is 12.1 Å². The third-order valence-corrected chi connectivity index (χ3v) is 4.64. The number of rotatable bonds is 12. The van der Waals surface area contributed by atoms with Crippen LogP contribution >= 0.6 is 12.8 Å². The molecule has 30 heavy (non-hydrogen) atoms. The van der Waals surface area contributed by atoms with Crippen LogP contribution in [0.25, 0.3) is 11.2 Å². The van der Waals surface area contributed by atoms with Crippen molar-refractivity contribution in [2.45, 2.75) is 44.6 Å². The summed E-state index contributed by atoms with van der Waals surface area (Å²) in [5.41, 5.74) is 11.9. The Bertz CT molecular complexity index is 870. The quantitative estimate of drug-likeness (QED) is 0.139. The molecule has 1 amide bonds. The van der Waals surface area contributed by atoms with Gasteiger partial charge in [0.1, 0.15) is 17.4 Å². The zero-order valence-electron chi connectivity index (χ0n) is 16.4. The van der Waals surface area contributed by atoms with Crippen molar-refractivity contribution >= 4 is 42.0 Å². The Labute approximate surface area is 178 Å². The number of unbranched alkanes of at least 4 members (excludes halogenated alkanes) is 2. The highest BCUT2D eigenvalue weighted by Gasteiger charge is 2.28. The number of imidazole rings is 1. The Hall–Kier alpha value is -3.09. The minimum absolute atomic E-state index is 0.0720. The number of carboxylic acids is 1. The minimum Gasteiger partial charge on any atom is -0.480 e. The maximum absolute atomic E-state index is 12.0. The van der Waals surface area contributed by atoms with Crippen molar-refractivity contribution < 1.29 is 19.4 Å². The maximum Gasteiger partial charge on any atom is 0.420 e. The largest absolute Gasteiger partial charge is 0.480 e. The number of amides is 1. The van der Waals surface area contributed by atoms with E-state index < -0.39 is 18.1 Å². The van der Waals surface area contributed by atoms with Gasteiger partial charge in [0.2, 0.25) is 0 Å². The highest BCUT2D eigenvalue weighted by Crippen LogP contribution is 2.13. The van der Waals surface area contributed by atoms with Crippen LogP contribution in [0.2, 0.25) is 0 Å². The van der Waals surface area contributed by atoms with Gasteiger partial charge in [0.15, 0.2) is 11.6 Å². The number of H-pyrrole nitrogens is 1. The van der Waals surface area contributed by atoms with Crippen LogP contribution in [0.4, 0.5) is 4.79 Å². The highest BCUT2D eigenvalue weighted by molar-refractivity contribution is 7.78. The fourth-order valence-electron chi connectivity index (χ4n) is 2.65. The second-order valence-electron chi connectivity index (χ2n) is 6.50. The number of aryl methyl sites for hydroxylation is 1. The SMILES string of the molecule is NC(N)=NCCC[C@H](C(=O)O)N(S)C(=O)OCCCCCc1ncc2[nH]cnc2n1. The Morgan fingerprint density at radius 2 is 2.07 bits per heavy atom. The molecule has 2 rings (SSSR count). The summed E-state index contributed by atoms with van der Waals surface area (Å²) < 4.78 is 5.90. The number of carbonyl (C=O) groups excluding carboxylic acids is 1. The van der Waals surface area contributed by atoms with Gasteiger partial charge < -0.3 is 26.3 Å². The number of carbonyl (C=O) groups is 2. The first kappa shape index (κ1) is 23.2. The standard InChI is InChI=1S/C17H26N8O4S/c18-16(19)20-7-4-5-12(15(26)27)25(30)17(28)29-8-3-1-2-6-13-21-9-11-14(24-13)23-10-22-11/h9-10,12,30H,1-8H2,(H,26,27)(H4,18,19,20)(H,21,22,23,24)/t12-/m1/s1. The van der Waals surface area contributed by atoms with Crippen LogP contribution in [0.15, 0.2) is 17.5 Å². The Kier molecular flexibility index (Phi) is 9.12. The summed E-state index contributed by atoms with van der Waals surface area (Å²) in [5.74, 6) is -0.545. The van der Waals surface area contributed by atoms with Crippen LogP contribution in [0, 0.1) is 0 Å². The second-order valence-corrected chi connectivity index (χ2v) is 6.93. The summed E-state index contributed by atoms with van der Waals surface area (Å²) >= 11 is 3.99. The molecule has 12 nitrogen and oxygen atoms in total. The van der Waals surface area contributed by atoms with E-state index in [1.807, 2.05) is 0 Å². The molecule has 0 radical (unpaired) electrons. The molecular formula is C17H26N8O4S. The van der Waals surface area contributed by atoms with Crippen molar-refractivity contribution in [1.82, 2.24) is 24.2 Å². The molecule has 13 heteroatoms. The number of nitrogens with two attached hydrogens (primary N) is 2. The maximum atomic E-state index is 12.0. The van der Waals surface area contributed by atoms with Gasteiger partial charge in [-0.1, -0.05) is 12.8 Å². The van der Waals surface area contributed by atoms with E-state index in [4.69, 9.17) is 16.2 Å². The third-order valence-electron chi connectivity index (χ3n) is 4.19. The van der Waals surface area contributed by atoms with E-state index in [1.54, 1.807) is 12.5 Å². The number of hydrogen-bond donors (Lipinski definition) is 5. The molecule has 0 saturated heterocycles. The van der Waals surface area contributed by atoms with Crippen LogP contribution in [0.1, 0.15) is 37.9 Å². The van der Waals surface area contributed by atoms with Crippen LogP contribution in [0.3, 0.4) is 0 Å². The van der Waals surface area contributed by atoms with Gasteiger partial charge in [-0.25, -0.2) is 28.8 Å². The lowest BCUT2D eigenvalue weighted by Crippen LogP contribution is -2.39. The molecule has 0 saturated carbocycles. The summed E-state index contributed by atoms with van der Waals surface area (Å²) in [6, 6.07) is -1.14. The van der Waals surface area contributed by atoms with Gasteiger partial charge in [0.25, 0.3) is 0 Å². The first-order chi connectivity index (χ1) is 14.4. The summed E-state index contributed by atoms with van der Waals surface area (Å²) in [4.78, 5) is 42.9. The van der Waals surface area contributed by atoms with Crippen molar-refractivity contribution in [3.8, 4) is 0 Å². The molecule has 0 aliphatic heterocycles. The number of carboxylic acid groups (broad SMARTS) is 1. The Balaban J connectivity index is 1.65. The fourth-order valence-corrected chi connectivity index (χ4v) is 2.92.